The molecule has 1 N–H and O–H groups in total. The number of thioether (sulfide) groups is 1. The van der Waals surface area contributed by atoms with E-state index in [4.69, 9.17) is 9.47 Å². The van der Waals surface area contributed by atoms with Crippen LogP contribution < -0.4 is 14.8 Å². The molecule has 1 aromatic carbocycles. The van der Waals surface area contributed by atoms with Gasteiger partial charge in [0.05, 0.1) is 0 Å². The molecule has 0 bridgehead atoms. The molecule has 3 nitrogen and oxygen atoms in total. The largest absolute Gasteiger partial charge is 0.454 e. The standard InChI is InChI=1S/C12H15NO2S/c1-2-11-12(15-8-14-11)5-9(1)7-16-10-3-4-13-6-10/h1-2,5,10,13H,3-4,6-8H2. The van der Waals surface area contributed by atoms with Gasteiger partial charge in [-0.25, -0.2) is 0 Å². The quantitative estimate of drug-likeness (QED) is 0.871. The van der Waals surface area contributed by atoms with Crippen LogP contribution in [-0.4, -0.2) is 25.1 Å². The minimum Gasteiger partial charge on any atom is -0.454 e. The number of benzene rings is 1. The first kappa shape index (κ1) is 10.3. The van der Waals surface area contributed by atoms with Gasteiger partial charge in [-0.15, -0.1) is 0 Å². The minimum absolute atomic E-state index is 0.360. The third-order valence-corrected chi connectivity index (χ3v) is 4.31. The summed E-state index contributed by atoms with van der Waals surface area (Å²) < 4.78 is 10.7. The fourth-order valence-electron chi connectivity index (χ4n) is 2.02. The van der Waals surface area contributed by atoms with Gasteiger partial charge >= 0.3 is 0 Å². The molecule has 1 aromatic rings. The maximum Gasteiger partial charge on any atom is 0.231 e. The maximum atomic E-state index is 5.37. The molecular weight excluding hydrogens is 222 g/mol. The van der Waals surface area contributed by atoms with Crippen LogP contribution >= 0.6 is 11.8 Å². The van der Waals surface area contributed by atoms with Crippen molar-refractivity contribution in [1.82, 2.24) is 5.32 Å². The second kappa shape index (κ2) is 4.55. The molecule has 16 heavy (non-hydrogen) atoms. The van der Waals surface area contributed by atoms with E-state index in [0.717, 1.165) is 29.0 Å². The molecule has 0 amide bonds. The van der Waals surface area contributed by atoms with Gasteiger partial charge < -0.3 is 14.8 Å². The lowest BCUT2D eigenvalue weighted by Gasteiger charge is -2.08. The number of fused-ring (bicyclic) bond motifs is 1. The molecule has 1 saturated heterocycles. The molecule has 0 aromatic heterocycles. The summed E-state index contributed by atoms with van der Waals surface area (Å²) in [5.41, 5.74) is 1.32. The Morgan fingerprint density at radius 3 is 3.12 bits per heavy atom. The lowest BCUT2D eigenvalue weighted by Crippen LogP contribution is -2.10. The smallest absolute Gasteiger partial charge is 0.231 e. The number of nitrogens with one attached hydrogen (secondary N) is 1. The first-order valence-corrected chi connectivity index (χ1v) is 6.67. The first-order chi connectivity index (χ1) is 7.92. The van der Waals surface area contributed by atoms with Crippen molar-refractivity contribution in [1.29, 1.82) is 0 Å². The summed E-state index contributed by atoms with van der Waals surface area (Å²) in [7, 11) is 0. The van der Waals surface area contributed by atoms with Crippen LogP contribution in [0.1, 0.15) is 12.0 Å². The Morgan fingerprint density at radius 1 is 1.31 bits per heavy atom. The van der Waals surface area contributed by atoms with Crippen molar-refractivity contribution in [2.75, 3.05) is 19.9 Å². The van der Waals surface area contributed by atoms with Crippen molar-refractivity contribution in [3.63, 3.8) is 0 Å². The zero-order valence-electron chi connectivity index (χ0n) is 9.07. The molecule has 0 aliphatic carbocycles. The van der Waals surface area contributed by atoms with Gasteiger partial charge in [0.2, 0.25) is 6.79 Å². The van der Waals surface area contributed by atoms with Crippen molar-refractivity contribution in [3.05, 3.63) is 23.8 Å². The van der Waals surface area contributed by atoms with E-state index in [0.29, 0.717) is 6.79 Å². The lowest BCUT2D eigenvalue weighted by molar-refractivity contribution is 0.174. The van der Waals surface area contributed by atoms with Crippen LogP contribution in [0.4, 0.5) is 0 Å². The Morgan fingerprint density at radius 2 is 2.25 bits per heavy atom. The predicted octanol–water partition coefficient (Wildman–Crippen LogP) is 2.01. The highest BCUT2D eigenvalue weighted by Gasteiger charge is 2.16. The summed E-state index contributed by atoms with van der Waals surface area (Å²) >= 11 is 2.02. The number of hydrogen-bond donors (Lipinski definition) is 1. The fourth-order valence-corrected chi connectivity index (χ4v) is 3.14. The van der Waals surface area contributed by atoms with E-state index in [1.165, 1.54) is 18.5 Å². The van der Waals surface area contributed by atoms with E-state index in [1.54, 1.807) is 0 Å². The Hall–Kier alpha value is -0.870. The normalized spacial score (nSPS) is 22.6. The summed E-state index contributed by atoms with van der Waals surface area (Å²) in [4.78, 5) is 0. The Bertz CT molecular complexity index is 377. The molecule has 4 heteroatoms. The molecule has 2 heterocycles. The van der Waals surface area contributed by atoms with Gasteiger partial charge in [0.25, 0.3) is 0 Å². The molecule has 2 aliphatic heterocycles. The van der Waals surface area contributed by atoms with E-state index >= 15 is 0 Å². The average molecular weight is 237 g/mol. The predicted molar refractivity (Wildman–Crippen MR) is 65.1 cm³/mol. The molecule has 3 rings (SSSR count). The Kier molecular flexibility index (Phi) is 2.93. The SMILES string of the molecule is c1cc2c(cc1CSC1CCNC1)OCO2. The highest BCUT2D eigenvalue weighted by molar-refractivity contribution is 7.99. The highest BCUT2D eigenvalue weighted by atomic mass is 32.2. The van der Waals surface area contributed by atoms with Crippen LogP contribution in [-0.2, 0) is 5.75 Å². The molecule has 2 aliphatic rings. The van der Waals surface area contributed by atoms with Gasteiger partial charge in [0.15, 0.2) is 11.5 Å². The molecule has 1 unspecified atom stereocenters. The molecule has 0 spiro atoms. The zero-order valence-corrected chi connectivity index (χ0v) is 9.89. The van der Waals surface area contributed by atoms with E-state index in [1.807, 2.05) is 17.8 Å². The van der Waals surface area contributed by atoms with Crippen LogP contribution in [0, 0.1) is 0 Å². The molecule has 1 atom stereocenters. The van der Waals surface area contributed by atoms with Gasteiger partial charge in [-0.2, -0.15) is 11.8 Å². The van der Waals surface area contributed by atoms with E-state index < -0.39 is 0 Å². The second-order valence-electron chi connectivity index (χ2n) is 4.11. The van der Waals surface area contributed by atoms with Gasteiger partial charge in [-0.05, 0) is 30.7 Å². The van der Waals surface area contributed by atoms with Gasteiger partial charge in [0.1, 0.15) is 0 Å². The van der Waals surface area contributed by atoms with E-state index in [9.17, 15) is 0 Å². The van der Waals surface area contributed by atoms with Crippen molar-refractivity contribution in [2.24, 2.45) is 0 Å². The summed E-state index contributed by atoms with van der Waals surface area (Å²) in [6.07, 6.45) is 1.29. The summed E-state index contributed by atoms with van der Waals surface area (Å²) in [6, 6.07) is 6.23. The molecule has 1 fully saturated rings. The molecule has 0 radical (unpaired) electrons. The van der Waals surface area contributed by atoms with Gasteiger partial charge in [0, 0.05) is 17.5 Å². The molecule has 86 valence electrons. The fraction of sp³-hybridized carbons (Fsp3) is 0.500. The summed E-state index contributed by atoms with van der Waals surface area (Å²) in [5, 5.41) is 4.15. The van der Waals surface area contributed by atoms with Gasteiger partial charge in [-0.1, -0.05) is 6.07 Å². The third-order valence-electron chi connectivity index (χ3n) is 2.94. The van der Waals surface area contributed by atoms with Crippen LogP contribution in [0.5, 0.6) is 11.5 Å². The van der Waals surface area contributed by atoms with Crippen molar-refractivity contribution < 1.29 is 9.47 Å². The average Bonchev–Trinajstić information content (AvgIpc) is 2.97. The Labute approximate surface area is 99.5 Å². The minimum atomic E-state index is 0.360. The molecular formula is C12H15NO2S. The van der Waals surface area contributed by atoms with Crippen LogP contribution in [0.25, 0.3) is 0 Å². The lowest BCUT2D eigenvalue weighted by atomic mass is 10.2. The number of hydrogen-bond acceptors (Lipinski definition) is 4. The van der Waals surface area contributed by atoms with Crippen molar-refractivity contribution in [3.8, 4) is 11.5 Å². The monoisotopic (exact) mass is 237 g/mol. The third kappa shape index (κ3) is 2.13. The first-order valence-electron chi connectivity index (χ1n) is 5.63. The van der Waals surface area contributed by atoms with Crippen LogP contribution in [0.2, 0.25) is 0 Å². The Balaban J connectivity index is 1.61. The molecule has 0 saturated carbocycles. The second-order valence-corrected chi connectivity index (χ2v) is 5.40. The highest BCUT2D eigenvalue weighted by Crippen LogP contribution is 2.34. The van der Waals surface area contributed by atoms with Crippen molar-refractivity contribution in [2.45, 2.75) is 17.4 Å². The van der Waals surface area contributed by atoms with Crippen LogP contribution in [0.3, 0.4) is 0 Å². The van der Waals surface area contributed by atoms with Gasteiger partial charge in [-0.3, -0.25) is 0 Å². The summed E-state index contributed by atoms with van der Waals surface area (Å²) in [6.45, 7) is 2.67. The number of ether oxygens (including phenoxy) is 2. The summed E-state index contributed by atoms with van der Waals surface area (Å²) in [5.74, 6) is 2.82. The number of rotatable bonds is 3. The van der Waals surface area contributed by atoms with E-state index in [2.05, 4.69) is 17.4 Å². The zero-order chi connectivity index (χ0) is 10.8. The topological polar surface area (TPSA) is 30.5 Å². The van der Waals surface area contributed by atoms with Crippen molar-refractivity contribution >= 4 is 11.8 Å². The maximum absolute atomic E-state index is 5.37. The van der Waals surface area contributed by atoms with E-state index in [-0.39, 0.29) is 0 Å². The van der Waals surface area contributed by atoms with Crippen LogP contribution in [0.15, 0.2) is 18.2 Å².